The van der Waals surface area contributed by atoms with Gasteiger partial charge in [-0.05, 0) is 42.4 Å². The topological polar surface area (TPSA) is 43.4 Å². The van der Waals surface area contributed by atoms with Crippen LogP contribution in [0.5, 0.6) is 0 Å². The van der Waals surface area contributed by atoms with Crippen molar-refractivity contribution in [3.8, 4) is 0 Å². The van der Waals surface area contributed by atoms with E-state index in [0.717, 1.165) is 12.8 Å². The minimum absolute atomic E-state index is 0.119. The van der Waals surface area contributed by atoms with Crippen molar-refractivity contribution in [2.45, 2.75) is 33.6 Å². The quantitative estimate of drug-likeness (QED) is 0.518. The maximum atomic E-state index is 11.8. The third-order valence-electron chi connectivity index (χ3n) is 5.38. The van der Waals surface area contributed by atoms with Crippen molar-refractivity contribution in [3.05, 3.63) is 0 Å². The molecule has 0 spiro atoms. The molecule has 3 nitrogen and oxygen atoms in total. The van der Waals surface area contributed by atoms with E-state index in [4.69, 9.17) is 4.74 Å². The van der Waals surface area contributed by atoms with E-state index in [1.54, 1.807) is 0 Å². The standard InChI is InChI=1S/C14H20O3/c1-6(2)8-5-9-7(3)4-10(8)12-11(9)13(15)17-14(12)16/h6-12H,4-5H2,1-3H3/t7?,8?,9-,10+,11?,12?/m1/s1. The highest BCUT2D eigenvalue weighted by Crippen LogP contribution is 2.58. The molecule has 2 bridgehead atoms. The van der Waals surface area contributed by atoms with Crippen LogP contribution < -0.4 is 0 Å². The van der Waals surface area contributed by atoms with E-state index in [0.29, 0.717) is 29.6 Å². The Kier molecular flexibility index (Phi) is 2.36. The molecule has 0 radical (unpaired) electrons. The van der Waals surface area contributed by atoms with Gasteiger partial charge in [-0.3, -0.25) is 9.59 Å². The van der Waals surface area contributed by atoms with Gasteiger partial charge in [0.1, 0.15) is 0 Å². The van der Waals surface area contributed by atoms with Crippen molar-refractivity contribution in [2.75, 3.05) is 0 Å². The molecule has 4 unspecified atom stereocenters. The van der Waals surface area contributed by atoms with Gasteiger partial charge >= 0.3 is 11.9 Å². The second kappa shape index (κ2) is 3.56. The number of ether oxygens (including phenoxy) is 1. The number of cyclic esters (lactones) is 2. The lowest BCUT2D eigenvalue weighted by molar-refractivity contribution is -0.154. The SMILES string of the molecule is CC(C)C1C[C@@H]2C(C)C[C@@H]1C1C(=O)OC(=O)C12. The van der Waals surface area contributed by atoms with Crippen molar-refractivity contribution in [1.82, 2.24) is 0 Å². The van der Waals surface area contributed by atoms with Gasteiger partial charge in [0.2, 0.25) is 0 Å². The van der Waals surface area contributed by atoms with Gasteiger partial charge in [-0.25, -0.2) is 0 Å². The van der Waals surface area contributed by atoms with Crippen LogP contribution >= 0.6 is 0 Å². The van der Waals surface area contributed by atoms with Crippen molar-refractivity contribution in [2.24, 2.45) is 41.4 Å². The van der Waals surface area contributed by atoms with Crippen LogP contribution in [0.4, 0.5) is 0 Å². The summed E-state index contributed by atoms with van der Waals surface area (Å²) in [5, 5.41) is 0. The summed E-state index contributed by atoms with van der Waals surface area (Å²) >= 11 is 0. The van der Waals surface area contributed by atoms with Crippen molar-refractivity contribution in [3.63, 3.8) is 0 Å². The predicted octanol–water partition coefficient (Wildman–Crippen LogP) is 2.25. The van der Waals surface area contributed by atoms with Crippen LogP contribution in [0.3, 0.4) is 0 Å². The second-order valence-corrected chi connectivity index (χ2v) is 6.48. The van der Waals surface area contributed by atoms with E-state index in [1.807, 2.05) is 0 Å². The van der Waals surface area contributed by atoms with Crippen LogP contribution in [0, 0.1) is 41.4 Å². The zero-order valence-corrected chi connectivity index (χ0v) is 10.7. The third kappa shape index (κ3) is 1.40. The molecule has 0 N–H and O–H groups in total. The van der Waals surface area contributed by atoms with Gasteiger partial charge in [0.05, 0.1) is 11.8 Å². The molecule has 0 aromatic heterocycles. The van der Waals surface area contributed by atoms with Crippen LogP contribution in [-0.4, -0.2) is 11.9 Å². The minimum atomic E-state index is -0.247. The number of hydrogen-bond acceptors (Lipinski definition) is 3. The highest BCUT2D eigenvalue weighted by Gasteiger charge is 2.61. The van der Waals surface area contributed by atoms with Gasteiger partial charge in [0.25, 0.3) is 0 Å². The van der Waals surface area contributed by atoms with E-state index in [1.165, 1.54) is 0 Å². The summed E-state index contributed by atoms with van der Waals surface area (Å²) in [5.74, 6) is 1.77. The van der Waals surface area contributed by atoms with Crippen molar-refractivity contribution in [1.29, 1.82) is 0 Å². The average molecular weight is 236 g/mol. The molecule has 17 heavy (non-hydrogen) atoms. The van der Waals surface area contributed by atoms with Crippen molar-refractivity contribution < 1.29 is 14.3 Å². The first-order valence-corrected chi connectivity index (χ1v) is 6.76. The Morgan fingerprint density at radius 2 is 1.65 bits per heavy atom. The van der Waals surface area contributed by atoms with E-state index < -0.39 is 0 Å². The predicted molar refractivity (Wildman–Crippen MR) is 61.8 cm³/mol. The first-order valence-electron chi connectivity index (χ1n) is 6.76. The maximum absolute atomic E-state index is 11.8. The molecule has 0 aromatic rings. The van der Waals surface area contributed by atoms with Gasteiger partial charge in [0.15, 0.2) is 0 Å². The van der Waals surface area contributed by atoms with Crippen LogP contribution in [0.1, 0.15) is 33.6 Å². The lowest BCUT2D eigenvalue weighted by atomic mass is 9.50. The average Bonchev–Trinajstić information content (AvgIpc) is 2.56. The lowest BCUT2D eigenvalue weighted by Gasteiger charge is -2.52. The summed E-state index contributed by atoms with van der Waals surface area (Å²) in [6.07, 6.45) is 2.20. The Hall–Kier alpha value is -0.860. The zero-order chi connectivity index (χ0) is 12.3. The monoisotopic (exact) mass is 236 g/mol. The smallest absolute Gasteiger partial charge is 0.317 e. The maximum Gasteiger partial charge on any atom is 0.317 e. The van der Waals surface area contributed by atoms with E-state index >= 15 is 0 Å². The van der Waals surface area contributed by atoms with E-state index in [9.17, 15) is 9.59 Å². The van der Waals surface area contributed by atoms with Gasteiger partial charge in [0, 0.05) is 0 Å². The Labute approximate surface area is 102 Å². The molecule has 3 heteroatoms. The molecule has 1 saturated heterocycles. The summed E-state index contributed by atoms with van der Waals surface area (Å²) in [4.78, 5) is 23.6. The minimum Gasteiger partial charge on any atom is -0.393 e. The molecule has 1 heterocycles. The summed E-state index contributed by atoms with van der Waals surface area (Å²) in [7, 11) is 0. The molecule has 4 rings (SSSR count). The number of hydrogen-bond donors (Lipinski definition) is 0. The normalized spacial score (nSPS) is 48.5. The van der Waals surface area contributed by atoms with Crippen LogP contribution in [-0.2, 0) is 14.3 Å². The molecule has 3 saturated carbocycles. The number of esters is 2. The Morgan fingerprint density at radius 3 is 2.24 bits per heavy atom. The van der Waals surface area contributed by atoms with Gasteiger partial charge in [-0.1, -0.05) is 20.8 Å². The molecule has 4 fully saturated rings. The van der Waals surface area contributed by atoms with Gasteiger partial charge in [-0.2, -0.15) is 0 Å². The lowest BCUT2D eigenvalue weighted by Crippen LogP contribution is -2.51. The first-order chi connectivity index (χ1) is 8.00. The Morgan fingerprint density at radius 1 is 1.06 bits per heavy atom. The fraction of sp³-hybridized carbons (Fsp3) is 0.857. The highest BCUT2D eigenvalue weighted by atomic mass is 16.6. The number of rotatable bonds is 1. The van der Waals surface area contributed by atoms with Crippen LogP contribution in [0.25, 0.3) is 0 Å². The summed E-state index contributed by atoms with van der Waals surface area (Å²) < 4.78 is 4.89. The van der Waals surface area contributed by atoms with Crippen molar-refractivity contribution >= 4 is 11.9 Å². The molecule has 4 aliphatic rings. The molecule has 1 aliphatic heterocycles. The summed E-state index contributed by atoms with van der Waals surface area (Å²) in [6.45, 7) is 6.68. The molecular weight excluding hydrogens is 216 g/mol. The fourth-order valence-corrected chi connectivity index (χ4v) is 4.59. The largest absolute Gasteiger partial charge is 0.393 e. The molecule has 3 aliphatic carbocycles. The Balaban J connectivity index is 1.98. The zero-order valence-electron chi connectivity index (χ0n) is 10.7. The molecule has 0 aromatic carbocycles. The van der Waals surface area contributed by atoms with Gasteiger partial charge in [-0.15, -0.1) is 0 Å². The number of carbonyl (C=O) groups excluding carboxylic acids is 2. The highest BCUT2D eigenvalue weighted by molar-refractivity contribution is 5.97. The third-order valence-corrected chi connectivity index (χ3v) is 5.38. The molecule has 94 valence electrons. The fourth-order valence-electron chi connectivity index (χ4n) is 4.59. The first kappa shape index (κ1) is 11.2. The van der Waals surface area contributed by atoms with Crippen LogP contribution in [0.2, 0.25) is 0 Å². The number of fused-ring (bicyclic) bond motifs is 2. The van der Waals surface area contributed by atoms with Crippen LogP contribution in [0.15, 0.2) is 0 Å². The molecular formula is C14H20O3. The second-order valence-electron chi connectivity index (χ2n) is 6.48. The summed E-state index contributed by atoms with van der Waals surface area (Å²) in [6, 6.07) is 0. The molecule has 6 atom stereocenters. The Bertz CT molecular complexity index is 374. The van der Waals surface area contributed by atoms with E-state index in [-0.39, 0.29) is 23.8 Å². The van der Waals surface area contributed by atoms with E-state index in [2.05, 4.69) is 20.8 Å². The number of carbonyl (C=O) groups is 2. The van der Waals surface area contributed by atoms with Gasteiger partial charge < -0.3 is 4.74 Å². The molecule has 0 amide bonds. The summed E-state index contributed by atoms with van der Waals surface area (Å²) in [5.41, 5.74) is 0.